The van der Waals surface area contributed by atoms with Gasteiger partial charge in [-0.2, -0.15) is 0 Å². The molecule has 0 aliphatic carbocycles. The molecule has 0 atom stereocenters. The van der Waals surface area contributed by atoms with E-state index in [-0.39, 0.29) is 5.56 Å². The fourth-order valence-corrected chi connectivity index (χ4v) is 3.85. The summed E-state index contributed by atoms with van der Waals surface area (Å²) in [5.74, 6) is 1.17. The molecule has 0 fully saturated rings. The lowest BCUT2D eigenvalue weighted by molar-refractivity contribution is 0.355. The lowest BCUT2D eigenvalue weighted by atomic mass is 10.1. The van der Waals surface area contributed by atoms with Gasteiger partial charge in [0.2, 0.25) is 0 Å². The van der Waals surface area contributed by atoms with Crippen molar-refractivity contribution in [1.29, 1.82) is 0 Å². The topological polar surface area (TPSA) is 53.4 Å². The average Bonchev–Trinajstić information content (AvgIpc) is 3.13. The number of methoxy groups -OCH3 is 2. The van der Waals surface area contributed by atoms with Gasteiger partial charge in [-0.15, -0.1) is 11.3 Å². The van der Waals surface area contributed by atoms with Crippen molar-refractivity contribution in [2.45, 2.75) is 0 Å². The van der Waals surface area contributed by atoms with Gasteiger partial charge in [-0.1, -0.05) is 30.3 Å². The van der Waals surface area contributed by atoms with Gasteiger partial charge in [0, 0.05) is 17.0 Å². The Bertz CT molecular complexity index is 1130. The minimum atomic E-state index is -0.102. The lowest BCUT2D eigenvalue weighted by Gasteiger charge is -2.11. The van der Waals surface area contributed by atoms with Gasteiger partial charge >= 0.3 is 0 Å². The second kappa shape index (κ2) is 6.65. The number of nitrogens with zero attached hydrogens (tertiary/aromatic N) is 2. The van der Waals surface area contributed by atoms with Gasteiger partial charge in [-0.3, -0.25) is 9.36 Å². The van der Waals surface area contributed by atoms with Crippen molar-refractivity contribution in [2.24, 2.45) is 0 Å². The maximum atomic E-state index is 13.0. The monoisotopic (exact) mass is 364 g/mol. The number of ether oxygens (including phenoxy) is 2. The van der Waals surface area contributed by atoms with E-state index < -0.39 is 0 Å². The number of thiophene rings is 1. The van der Waals surface area contributed by atoms with Crippen molar-refractivity contribution >= 4 is 21.6 Å². The van der Waals surface area contributed by atoms with Crippen LogP contribution in [0.5, 0.6) is 11.5 Å². The molecule has 0 saturated heterocycles. The van der Waals surface area contributed by atoms with Gasteiger partial charge in [-0.05, 0) is 17.7 Å². The summed E-state index contributed by atoms with van der Waals surface area (Å²) in [7, 11) is 3.14. The van der Waals surface area contributed by atoms with Crippen LogP contribution in [0, 0.1) is 0 Å². The zero-order valence-corrected chi connectivity index (χ0v) is 15.1. The molecule has 6 heteroatoms. The third-order valence-electron chi connectivity index (χ3n) is 4.21. The molecule has 0 saturated carbocycles. The van der Waals surface area contributed by atoms with Gasteiger partial charge in [0.05, 0.1) is 25.4 Å². The van der Waals surface area contributed by atoms with Crippen LogP contribution in [0.2, 0.25) is 0 Å². The maximum absolute atomic E-state index is 13.0. The Morgan fingerprint density at radius 1 is 1.00 bits per heavy atom. The first-order valence-corrected chi connectivity index (χ1v) is 8.87. The van der Waals surface area contributed by atoms with Gasteiger partial charge < -0.3 is 9.47 Å². The van der Waals surface area contributed by atoms with Crippen LogP contribution in [0.1, 0.15) is 0 Å². The van der Waals surface area contributed by atoms with E-state index in [4.69, 9.17) is 9.47 Å². The predicted molar refractivity (Wildman–Crippen MR) is 104 cm³/mol. The summed E-state index contributed by atoms with van der Waals surface area (Å²) in [4.78, 5) is 17.5. The second-order valence-corrected chi connectivity index (χ2v) is 6.53. The Kier molecular flexibility index (Phi) is 4.18. The molecule has 0 unspecified atom stereocenters. The highest BCUT2D eigenvalue weighted by Gasteiger charge is 2.14. The SMILES string of the molecule is COc1ccc(-n2cnc3c(-c4ccccc4)csc3c2=O)cc1OC. The molecular formula is C20H16N2O3S. The second-order valence-electron chi connectivity index (χ2n) is 5.65. The Hall–Kier alpha value is -3.12. The van der Waals surface area contributed by atoms with Crippen LogP contribution >= 0.6 is 11.3 Å². The highest BCUT2D eigenvalue weighted by molar-refractivity contribution is 7.17. The molecule has 2 aromatic heterocycles. The smallest absolute Gasteiger partial charge is 0.275 e. The van der Waals surface area contributed by atoms with Crippen molar-refractivity contribution in [3.63, 3.8) is 0 Å². The quantitative estimate of drug-likeness (QED) is 0.546. The molecule has 4 aromatic rings. The Morgan fingerprint density at radius 2 is 1.77 bits per heavy atom. The largest absolute Gasteiger partial charge is 0.493 e. The molecule has 0 aliphatic heterocycles. The molecule has 5 nitrogen and oxygen atoms in total. The van der Waals surface area contributed by atoms with Gasteiger partial charge in [-0.25, -0.2) is 4.98 Å². The molecule has 2 aromatic carbocycles. The standard InChI is InChI=1S/C20H16N2O3S/c1-24-16-9-8-14(10-17(16)25-2)22-12-21-18-15(11-26-19(18)20(22)23)13-6-4-3-5-7-13/h3-12H,1-2H3. The Morgan fingerprint density at radius 3 is 2.50 bits per heavy atom. The third kappa shape index (κ3) is 2.64. The number of hydrogen-bond acceptors (Lipinski definition) is 5. The lowest BCUT2D eigenvalue weighted by Crippen LogP contribution is -2.17. The number of fused-ring (bicyclic) bond motifs is 1. The van der Waals surface area contributed by atoms with E-state index in [0.29, 0.717) is 21.9 Å². The van der Waals surface area contributed by atoms with Gasteiger partial charge in [0.1, 0.15) is 11.0 Å². The first-order valence-electron chi connectivity index (χ1n) is 7.99. The molecule has 26 heavy (non-hydrogen) atoms. The third-order valence-corrected chi connectivity index (χ3v) is 5.17. The van der Waals surface area contributed by atoms with Crippen molar-refractivity contribution in [2.75, 3.05) is 14.2 Å². The summed E-state index contributed by atoms with van der Waals surface area (Å²) in [5, 5.41) is 1.98. The molecule has 0 aliphatic rings. The van der Waals surface area contributed by atoms with Crippen LogP contribution in [-0.2, 0) is 0 Å². The number of benzene rings is 2. The summed E-state index contributed by atoms with van der Waals surface area (Å²) in [5.41, 5.74) is 3.32. The summed E-state index contributed by atoms with van der Waals surface area (Å²) in [6.07, 6.45) is 1.56. The van der Waals surface area contributed by atoms with E-state index in [0.717, 1.165) is 16.6 Å². The molecule has 130 valence electrons. The zero-order chi connectivity index (χ0) is 18.1. The van der Waals surface area contributed by atoms with E-state index in [1.807, 2.05) is 41.8 Å². The van der Waals surface area contributed by atoms with Gasteiger partial charge in [0.25, 0.3) is 5.56 Å². The van der Waals surface area contributed by atoms with Crippen molar-refractivity contribution in [3.05, 3.63) is 70.6 Å². The molecule has 0 radical (unpaired) electrons. The molecule has 0 N–H and O–H groups in total. The van der Waals surface area contributed by atoms with Crippen LogP contribution in [0.15, 0.2) is 65.0 Å². The van der Waals surface area contributed by atoms with Crippen LogP contribution in [0.3, 0.4) is 0 Å². The molecular weight excluding hydrogens is 348 g/mol. The number of rotatable bonds is 4. The van der Waals surface area contributed by atoms with Crippen molar-refractivity contribution in [1.82, 2.24) is 9.55 Å². The molecule has 0 amide bonds. The summed E-state index contributed by atoms with van der Waals surface area (Å²) in [6, 6.07) is 15.3. The summed E-state index contributed by atoms with van der Waals surface area (Å²) < 4.78 is 12.7. The van der Waals surface area contributed by atoms with Crippen LogP contribution < -0.4 is 15.0 Å². The highest BCUT2D eigenvalue weighted by Crippen LogP contribution is 2.32. The average molecular weight is 364 g/mol. The minimum absolute atomic E-state index is 0.102. The van der Waals surface area contributed by atoms with Gasteiger partial charge in [0.15, 0.2) is 11.5 Å². The fourth-order valence-electron chi connectivity index (χ4n) is 2.89. The van der Waals surface area contributed by atoms with Crippen molar-refractivity contribution < 1.29 is 9.47 Å². The maximum Gasteiger partial charge on any atom is 0.275 e. The molecule has 4 rings (SSSR count). The van der Waals surface area contributed by atoms with E-state index in [1.54, 1.807) is 32.7 Å². The first-order chi connectivity index (χ1) is 12.7. The molecule has 0 spiro atoms. The van der Waals surface area contributed by atoms with E-state index in [1.165, 1.54) is 15.9 Å². The van der Waals surface area contributed by atoms with Crippen molar-refractivity contribution in [3.8, 4) is 28.3 Å². The number of aromatic nitrogens is 2. The Balaban J connectivity index is 1.86. The van der Waals surface area contributed by atoms with Crippen LogP contribution in [0.4, 0.5) is 0 Å². The Labute approximate surface area is 154 Å². The minimum Gasteiger partial charge on any atom is -0.493 e. The van der Waals surface area contributed by atoms with E-state index >= 15 is 0 Å². The highest BCUT2D eigenvalue weighted by atomic mass is 32.1. The number of hydrogen-bond donors (Lipinski definition) is 0. The predicted octanol–water partition coefficient (Wildman–Crippen LogP) is 4.13. The summed E-state index contributed by atoms with van der Waals surface area (Å²) >= 11 is 1.41. The van der Waals surface area contributed by atoms with Crippen LogP contribution in [0.25, 0.3) is 27.0 Å². The first kappa shape index (κ1) is 16.4. The normalized spacial score (nSPS) is 10.8. The fraction of sp³-hybridized carbons (Fsp3) is 0.100. The molecule has 2 heterocycles. The summed E-state index contributed by atoms with van der Waals surface area (Å²) in [6.45, 7) is 0. The van der Waals surface area contributed by atoms with Crippen LogP contribution in [-0.4, -0.2) is 23.8 Å². The van der Waals surface area contributed by atoms with E-state index in [9.17, 15) is 4.79 Å². The molecule has 0 bridgehead atoms. The zero-order valence-electron chi connectivity index (χ0n) is 14.3. The van der Waals surface area contributed by atoms with E-state index in [2.05, 4.69) is 4.98 Å².